The summed E-state index contributed by atoms with van der Waals surface area (Å²) in [5.74, 6) is 0.416. The third-order valence-corrected chi connectivity index (χ3v) is 8.94. The number of carbonyl (C=O) groups is 1. The molecule has 3 aromatic heterocycles. The first-order valence-electron chi connectivity index (χ1n) is 12.0. The first-order valence-corrected chi connectivity index (χ1v) is 13.7. The Balaban J connectivity index is 1.40. The molecule has 1 aliphatic rings. The minimum atomic E-state index is -0.309. The second-order valence-electron chi connectivity index (χ2n) is 9.27. The molecule has 4 aromatic rings. The van der Waals surface area contributed by atoms with Crippen molar-refractivity contribution in [3.63, 3.8) is 0 Å². The van der Waals surface area contributed by atoms with Gasteiger partial charge in [-0.15, -0.1) is 20.4 Å². The standard InChI is InChI=1S/C25H30N6OS2/c1-5-19(22(32)26-24-29-28-23(34-24)17-9-7-6-8-10-17)33-25-30-27-20-13-15(3)18-12-14(2)11-16(4)21(18)31(20)25/h11-13,17,19H,5-10H2,1-4H3,(H,26,29,32). The van der Waals surface area contributed by atoms with Crippen molar-refractivity contribution >= 4 is 50.7 Å². The van der Waals surface area contributed by atoms with Crippen LogP contribution in [0, 0.1) is 20.8 Å². The molecule has 0 spiro atoms. The van der Waals surface area contributed by atoms with Crippen LogP contribution in [0.25, 0.3) is 16.6 Å². The van der Waals surface area contributed by atoms with Crippen LogP contribution in [-0.4, -0.2) is 36.0 Å². The average Bonchev–Trinajstić information content (AvgIpc) is 3.45. The highest BCUT2D eigenvalue weighted by Crippen LogP contribution is 2.36. The molecular weight excluding hydrogens is 464 g/mol. The van der Waals surface area contributed by atoms with Gasteiger partial charge in [0.25, 0.3) is 0 Å². The molecule has 1 N–H and O–H groups in total. The first kappa shape index (κ1) is 23.2. The summed E-state index contributed by atoms with van der Waals surface area (Å²) in [6, 6.07) is 6.45. The van der Waals surface area contributed by atoms with Crippen LogP contribution in [0.3, 0.4) is 0 Å². The van der Waals surface area contributed by atoms with Crippen LogP contribution < -0.4 is 5.32 Å². The summed E-state index contributed by atoms with van der Waals surface area (Å²) in [7, 11) is 0. The van der Waals surface area contributed by atoms with E-state index >= 15 is 0 Å². The second-order valence-corrected chi connectivity index (χ2v) is 11.4. The number of benzene rings is 1. The van der Waals surface area contributed by atoms with Crippen LogP contribution >= 0.6 is 23.1 Å². The van der Waals surface area contributed by atoms with Crippen LogP contribution in [-0.2, 0) is 4.79 Å². The molecule has 1 unspecified atom stereocenters. The van der Waals surface area contributed by atoms with Gasteiger partial charge < -0.3 is 0 Å². The van der Waals surface area contributed by atoms with Crippen LogP contribution in [0.1, 0.15) is 73.1 Å². The van der Waals surface area contributed by atoms with E-state index < -0.39 is 0 Å². The van der Waals surface area contributed by atoms with Crippen molar-refractivity contribution in [2.75, 3.05) is 5.32 Å². The number of carbonyl (C=O) groups excluding carboxylic acids is 1. The van der Waals surface area contributed by atoms with Gasteiger partial charge in [0.2, 0.25) is 11.0 Å². The van der Waals surface area contributed by atoms with E-state index in [1.165, 1.54) is 77.3 Å². The van der Waals surface area contributed by atoms with Crippen LogP contribution in [0.15, 0.2) is 23.4 Å². The molecule has 1 aliphatic carbocycles. The summed E-state index contributed by atoms with van der Waals surface area (Å²) in [5.41, 5.74) is 5.48. The van der Waals surface area contributed by atoms with Gasteiger partial charge in [-0.1, -0.05) is 60.9 Å². The van der Waals surface area contributed by atoms with Crippen LogP contribution in [0.2, 0.25) is 0 Å². The van der Waals surface area contributed by atoms with Crippen molar-refractivity contribution in [2.24, 2.45) is 0 Å². The Morgan fingerprint density at radius 2 is 1.88 bits per heavy atom. The quantitative estimate of drug-likeness (QED) is 0.321. The maximum atomic E-state index is 13.2. The molecule has 1 aromatic carbocycles. The molecule has 1 atom stereocenters. The topological polar surface area (TPSA) is 85.1 Å². The average molecular weight is 495 g/mol. The number of fused-ring (bicyclic) bond motifs is 3. The Morgan fingerprint density at radius 1 is 1.09 bits per heavy atom. The smallest absolute Gasteiger partial charge is 0.239 e. The highest BCUT2D eigenvalue weighted by molar-refractivity contribution is 8.00. The van der Waals surface area contributed by atoms with Crippen LogP contribution in [0.4, 0.5) is 5.13 Å². The molecule has 0 saturated heterocycles. The molecule has 0 aliphatic heterocycles. The fraction of sp³-hybridized carbons (Fsp3) is 0.480. The van der Waals surface area contributed by atoms with E-state index in [0.29, 0.717) is 17.5 Å². The van der Waals surface area contributed by atoms with Crippen molar-refractivity contribution in [3.8, 4) is 0 Å². The zero-order chi connectivity index (χ0) is 23.8. The third-order valence-electron chi connectivity index (χ3n) is 6.63. The van der Waals surface area contributed by atoms with Crippen molar-refractivity contribution in [1.82, 2.24) is 24.8 Å². The number of nitrogens with zero attached hydrogens (tertiary/aromatic N) is 5. The van der Waals surface area contributed by atoms with E-state index in [9.17, 15) is 4.79 Å². The molecule has 1 fully saturated rings. The fourth-order valence-electron chi connectivity index (χ4n) is 4.93. The molecule has 1 amide bonds. The van der Waals surface area contributed by atoms with Gasteiger partial charge in [0.1, 0.15) is 5.01 Å². The number of aryl methyl sites for hydroxylation is 3. The highest BCUT2D eigenvalue weighted by Gasteiger charge is 2.25. The van der Waals surface area contributed by atoms with Crippen molar-refractivity contribution in [2.45, 2.75) is 82.5 Å². The van der Waals surface area contributed by atoms with Gasteiger partial charge in [0, 0.05) is 11.3 Å². The lowest BCUT2D eigenvalue weighted by Gasteiger charge is -2.18. The predicted molar refractivity (Wildman–Crippen MR) is 139 cm³/mol. The lowest BCUT2D eigenvalue weighted by atomic mass is 9.90. The van der Waals surface area contributed by atoms with E-state index in [0.717, 1.165) is 21.3 Å². The Labute approximate surface area is 207 Å². The summed E-state index contributed by atoms with van der Waals surface area (Å²) in [6.07, 6.45) is 6.81. The number of thioether (sulfide) groups is 1. The molecule has 0 bridgehead atoms. The largest absolute Gasteiger partial charge is 0.300 e. The number of rotatable bonds is 6. The van der Waals surface area contributed by atoms with E-state index in [-0.39, 0.29) is 11.2 Å². The van der Waals surface area contributed by atoms with Crippen molar-refractivity contribution in [1.29, 1.82) is 0 Å². The number of amides is 1. The van der Waals surface area contributed by atoms with Gasteiger partial charge >= 0.3 is 0 Å². The van der Waals surface area contributed by atoms with Gasteiger partial charge in [-0.05, 0) is 63.3 Å². The molecule has 3 heterocycles. The first-order chi connectivity index (χ1) is 16.4. The molecule has 34 heavy (non-hydrogen) atoms. The SMILES string of the molecule is CCC(Sc1nnc2cc(C)c3cc(C)cc(C)c3n12)C(=O)Nc1nnc(C2CCCCC2)s1. The van der Waals surface area contributed by atoms with E-state index in [1.54, 1.807) is 0 Å². The molecule has 0 radical (unpaired) electrons. The van der Waals surface area contributed by atoms with Gasteiger partial charge in [0.15, 0.2) is 10.8 Å². The predicted octanol–water partition coefficient (Wildman–Crippen LogP) is 6.22. The third kappa shape index (κ3) is 4.43. The zero-order valence-corrected chi connectivity index (χ0v) is 21.7. The normalized spacial score (nSPS) is 15.8. The summed E-state index contributed by atoms with van der Waals surface area (Å²) in [5, 5.41) is 23.8. The van der Waals surface area contributed by atoms with E-state index in [1.807, 2.05) is 6.92 Å². The Morgan fingerprint density at radius 3 is 2.65 bits per heavy atom. The minimum absolute atomic E-state index is 0.0698. The van der Waals surface area contributed by atoms with Gasteiger partial charge in [-0.25, -0.2) is 0 Å². The highest BCUT2D eigenvalue weighted by atomic mass is 32.2. The van der Waals surface area contributed by atoms with Crippen molar-refractivity contribution in [3.05, 3.63) is 39.9 Å². The lowest BCUT2D eigenvalue weighted by Crippen LogP contribution is -2.24. The van der Waals surface area contributed by atoms with Gasteiger partial charge in [-0.3, -0.25) is 14.5 Å². The molecule has 7 nitrogen and oxygen atoms in total. The summed E-state index contributed by atoms with van der Waals surface area (Å²) in [6.45, 7) is 8.36. The maximum absolute atomic E-state index is 13.2. The zero-order valence-electron chi connectivity index (χ0n) is 20.1. The summed E-state index contributed by atoms with van der Waals surface area (Å²) >= 11 is 2.97. The number of hydrogen-bond acceptors (Lipinski definition) is 7. The number of pyridine rings is 1. The molecular formula is C25H30N6OS2. The summed E-state index contributed by atoms with van der Waals surface area (Å²) < 4.78 is 2.09. The molecule has 9 heteroatoms. The Bertz CT molecular complexity index is 1350. The number of nitrogens with one attached hydrogen (secondary N) is 1. The maximum Gasteiger partial charge on any atom is 0.239 e. The van der Waals surface area contributed by atoms with Crippen molar-refractivity contribution < 1.29 is 4.79 Å². The van der Waals surface area contributed by atoms with Gasteiger partial charge in [-0.2, -0.15) is 0 Å². The van der Waals surface area contributed by atoms with E-state index in [4.69, 9.17) is 0 Å². The minimum Gasteiger partial charge on any atom is -0.300 e. The fourth-order valence-corrected chi connectivity index (χ4v) is 6.81. The lowest BCUT2D eigenvalue weighted by molar-refractivity contribution is -0.115. The van der Waals surface area contributed by atoms with Gasteiger partial charge in [0.05, 0.1) is 10.8 Å². The monoisotopic (exact) mass is 494 g/mol. The Hall–Kier alpha value is -2.52. The molecule has 5 rings (SSSR count). The number of hydrogen-bond donors (Lipinski definition) is 1. The molecule has 178 valence electrons. The van der Waals surface area contributed by atoms with E-state index in [2.05, 4.69) is 69.1 Å². The molecule has 1 saturated carbocycles. The summed E-state index contributed by atoms with van der Waals surface area (Å²) in [4.78, 5) is 13.2. The number of aromatic nitrogens is 5. The Kier molecular flexibility index (Phi) is 6.57. The van der Waals surface area contributed by atoms with Crippen LogP contribution in [0.5, 0.6) is 0 Å². The number of anilines is 1. The second kappa shape index (κ2) is 9.62.